The van der Waals surface area contributed by atoms with Crippen molar-refractivity contribution in [1.82, 2.24) is 4.90 Å². The molecule has 5 rings (SSSR count). The second-order valence-corrected chi connectivity index (χ2v) is 11.4. The normalized spacial score (nSPS) is 30.5. The summed E-state index contributed by atoms with van der Waals surface area (Å²) >= 11 is 0. The number of esters is 1. The Bertz CT molecular complexity index is 1470. The van der Waals surface area contributed by atoms with Gasteiger partial charge in [0.25, 0.3) is 0 Å². The zero-order valence-electron chi connectivity index (χ0n) is 24.0. The quantitative estimate of drug-likeness (QED) is 0.217. The fourth-order valence-electron chi connectivity index (χ4n) is 6.59. The van der Waals surface area contributed by atoms with Crippen LogP contribution in [0.1, 0.15) is 88.1 Å². The number of carbonyl (C=O) groups is 3. The van der Waals surface area contributed by atoms with E-state index in [9.17, 15) is 39.9 Å². The number of rotatable bonds is 5. The van der Waals surface area contributed by atoms with Gasteiger partial charge in [-0.15, -0.1) is 0 Å². The lowest BCUT2D eigenvalue weighted by atomic mass is 9.66. The Morgan fingerprint density at radius 1 is 1.07 bits per heavy atom. The molecule has 0 aromatic heterocycles. The molecule has 1 heterocycles. The Kier molecular flexibility index (Phi) is 7.57. The van der Waals surface area contributed by atoms with E-state index < -0.39 is 82.0 Å². The van der Waals surface area contributed by atoms with Crippen LogP contribution in [0.15, 0.2) is 18.2 Å². The van der Waals surface area contributed by atoms with Gasteiger partial charge in [0.2, 0.25) is 5.78 Å². The first-order chi connectivity index (χ1) is 19.8. The van der Waals surface area contributed by atoms with Gasteiger partial charge >= 0.3 is 5.97 Å². The molecule has 1 fully saturated rings. The van der Waals surface area contributed by atoms with Gasteiger partial charge in [-0.05, 0) is 33.5 Å². The summed E-state index contributed by atoms with van der Waals surface area (Å²) in [6.07, 6.45) is -3.73. The number of methoxy groups -OCH3 is 1. The molecule has 5 N–H and O–H groups in total. The van der Waals surface area contributed by atoms with Gasteiger partial charge in [0.05, 0.1) is 47.7 Å². The predicted molar refractivity (Wildman–Crippen MR) is 146 cm³/mol. The van der Waals surface area contributed by atoms with Crippen LogP contribution in [-0.4, -0.2) is 99.3 Å². The lowest BCUT2D eigenvalue weighted by molar-refractivity contribution is -0.258. The third-order valence-corrected chi connectivity index (χ3v) is 8.88. The van der Waals surface area contributed by atoms with Crippen molar-refractivity contribution in [2.45, 2.75) is 75.3 Å². The summed E-state index contributed by atoms with van der Waals surface area (Å²) in [5.41, 5.74) is -3.96. The molecule has 2 aliphatic carbocycles. The van der Waals surface area contributed by atoms with E-state index in [1.807, 2.05) is 4.90 Å². The van der Waals surface area contributed by atoms with Gasteiger partial charge in [-0.2, -0.15) is 0 Å². The molecule has 1 saturated heterocycles. The summed E-state index contributed by atoms with van der Waals surface area (Å²) in [5, 5.41) is 56.2. The molecule has 0 radical (unpaired) electrons. The lowest BCUT2D eigenvalue weighted by Crippen LogP contribution is -2.54. The minimum Gasteiger partial charge on any atom is -0.507 e. The molecule has 2 aromatic carbocycles. The number of carbonyl (C=O) groups excluding carboxylic acids is 3. The van der Waals surface area contributed by atoms with Crippen molar-refractivity contribution >= 4 is 17.5 Å². The van der Waals surface area contributed by atoms with Crippen molar-refractivity contribution in [3.8, 4) is 17.2 Å². The number of fused-ring (bicyclic) bond motifs is 3. The number of hydrogen-bond donors (Lipinski definition) is 5. The molecule has 12 heteroatoms. The SMILES string of the molecule is CC[C@]1(O)C[C@@H](O[C@@H]2C[C@H](N(C)C)[C@H](O)[C@H](C)O2)c2c(O)c3c(c(O)c2[C@H]1C(=O)OC)C(=O)c1cccc(O)c1C3=O. The topological polar surface area (TPSA) is 183 Å². The maximum Gasteiger partial charge on any atom is 0.316 e. The smallest absolute Gasteiger partial charge is 0.316 e. The lowest BCUT2D eigenvalue weighted by Gasteiger charge is -2.46. The third-order valence-electron chi connectivity index (χ3n) is 8.88. The Morgan fingerprint density at radius 3 is 2.33 bits per heavy atom. The summed E-state index contributed by atoms with van der Waals surface area (Å²) in [6, 6.07) is 3.53. The van der Waals surface area contributed by atoms with E-state index in [1.165, 1.54) is 18.2 Å². The number of aliphatic hydroxyl groups excluding tert-OH is 1. The van der Waals surface area contributed by atoms with Gasteiger partial charge in [0, 0.05) is 35.6 Å². The predicted octanol–water partition coefficient (Wildman–Crippen LogP) is 1.86. The molecule has 7 atom stereocenters. The zero-order valence-corrected chi connectivity index (χ0v) is 24.0. The molecule has 3 aliphatic rings. The highest BCUT2D eigenvalue weighted by atomic mass is 16.7. The number of nitrogens with zero attached hydrogens (tertiary/aromatic N) is 1. The number of benzene rings is 2. The molecule has 1 aliphatic heterocycles. The fourth-order valence-corrected chi connectivity index (χ4v) is 6.59. The van der Waals surface area contributed by atoms with Crippen LogP contribution in [-0.2, 0) is 19.0 Å². The van der Waals surface area contributed by atoms with Crippen LogP contribution in [0.3, 0.4) is 0 Å². The van der Waals surface area contributed by atoms with Gasteiger partial charge in [0.15, 0.2) is 12.1 Å². The summed E-state index contributed by atoms with van der Waals surface area (Å²) in [6.45, 7) is 3.30. The zero-order chi connectivity index (χ0) is 30.8. The van der Waals surface area contributed by atoms with Crippen LogP contribution < -0.4 is 0 Å². The van der Waals surface area contributed by atoms with E-state index in [1.54, 1.807) is 27.9 Å². The first kappa shape index (κ1) is 29.9. The van der Waals surface area contributed by atoms with Crippen LogP contribution in [0.4, 0.5) is 0 Å². The first-order valence-electron chi connectivity index (χ1n) is 13.8. The van der Waals surface area contributed by atoms with Gasteiger partial charge in [-0.3, -0.25) is 14.4 Å². The van der Waals surface area contributed by atoms with Crippen LogP contribution in [0.25, 0.3) is 0 Å². The number of ether oxygens (including phenoxy) is 3. The number of hydrogen-bond acceptors (Lipinski definition) is 12. The fraction of sp³-hybridized carbons (Fsp3) is 0.500. The Labute approximate surface area is 242 Å². The molecule has 42 heavy (non-hydrogen) atoms. The standard InChI is InChI=1S/C30H35NO11/c1-6-30(39)11-16(42-17-10-14(31(3)4)24(33)12(2)41-17)19-20(23(30)29(38)40-5)28(37)21-22(27(19)36)26(35)18-13(25(21)34)8-7-9-15(18)32/h7-9,12,14,16-17,23-24,32-33,36-37,39H,6,10-11H2,1-5H3/t12-,14-,16+,17+,23-,24+,30-/m0/s1. The number of ketones is 2. The Hall–Kier alpha value is -3.55. The van der Waals surface area contributed by atoms with Crippen LogP contribution in [0, 0.1) is 0 Å². The molecule has 2 aromatic rings. The minimum absolute atomic E-state index is 0.00605. The first-order valence-corrected chi connectivity index (χ1v) is 13.8. The second-order valence-electron chi connectivity index (χ2n) is 11.4. The monoisotopic (exact) mass is 585 g/mol. The highest BCUT2D eigenvalue weighted by molar-refractivity contribution is 6.31. The van der Waals surface area contributed by atoms with Crippen molar-refractivity contribution < 1.29 is 54.1 Å². The van der Waals surface area contributed by atoms with Gasteiger partial charge in [-0.25, -0.2) is 0 Å². The summed E-state index contributed by atoms with van der Waals surface area (Å²) in [5.74, 6) is -6.22. The number of aliphatic hydroxyl groups is 2. The molecule has 0 saturated carbocycles. The average Bonchev–Trinajstić information content (AvgIpc) is 2.94. The van der Waals surface area contributed by atoms with Crippen molar-refractivity contribution in [2.24, 2.45) is 0 Å². The number of aromatic hydroxyl groups is 3. The summed E-state index contributed by atoms with van der Waals surface area (Å²) < 4.78 is 17.2. The van der Waals surface area contributed by atoms with Crippen molar-refractivity contribution in [3.05, 3.63) is 51.6 Å². The van der Waals surface area contributed by atoms with Gasteiger partial charge in [0.1, 0.15) is 23.2 Å². The van der Waals surface area contributed by atoms with E-state index in [0.29, 0.717) is 0 Å². The highest BCUT2D eigenvalue weighted by Gasteiger charge is 2.55. The summed E-state index contributed by atoms with van der Waals surface area (Å²) in [4.78, 5) is 42.3. The summed E-state index contributed by atoms with van der Waals surface area (Å²) in [7, 11) is 4.69. The van der Waals surface area contributed by atoms with E-state index in [-0.39, 0.29) is 47.6 Å². The number of likely N-dealkylation sites (N-methyl/N-ethyl adjacent to an activating group) is 1. The molecule has 0 spiro atoms. The molecule has 0 amide bonds. The van der Waals surface area contributed by atoms with Crippen molar-refractivity contribution in [3.63, 3.8) is 0 Å². The van der Waals surface area contributed by atoms with E-state index in [4.69, 9.17) is 14.2 Å². The molecule has 0 unspecified atom stereocenters. The molecule has 0 bridgehead atoms. The number of phenols is 3. The molecule has 12 nitrogen and oxygen atoms in total. The van der Waals surface area contributed by atoms with E-state index in [2.05, 4.69) is 0 Å². The third kappa shape index (κ3) is 4.36. The average molecular weight is 586 g/mol. The van der Waals surface area contributed by atoms with Gasteiger partial charge in [-0.1, -0.05) is 19.1 Å². The van der Waals surface area contributed by atoms with Gasteiger partial charge < -0.3 is 44.6 Å². The maximum absolute atomic E-state index is 13.7. The maximum atomic E-state index is 13.7. The molecular formula is C30H35NO11. The molecule has 226 valence electrons. The van der Waals surface area contributed by atoms with E-state index >= 15 is 0 Å². The number of phenolic OH excluding ortho intramolecular Hbond substituents is 3. The van der Waals surface area contributed by atoms with Crippen molar-refractivity contribution in [1.29, 1.82) is 0 Å². The molecular weight excluding hydrogens is 550 g/mol. The second kappa shape index (κ2) is 10.6. The van der Waals surface area contributed by atoms with Crippen molar-refractivity contribution in [2.75, 3.05) is 21.2 Å². The largest absolute Gasteiger partial charge is 0.507 e. The minimum atomic E-state index is -1.86. The highest BCUT2D eigenvalue weighted by Crippen LogP contribution is 2.57. The Balaban J connectivity index is 1.73. The van der Waals surface area contributed by atoms with Crippen LogP contribution in [0.5, 0.6) is 17.2 Å². The van der Waals surface area contributed by atoms with E-state index in [0.717, 1.165) is 7.11 Å². The van der Waals surface area contributed by atoms with Crippen LogP contribution >= 0.6 is 0 Å². The Morgan fingerprint density at radius 2 is 1.71 bits per heavy atom. The van der Waals surface area contributed by atoms with Crippen LogP contribution in [0.2, 0.25) is 0 Å².